The second kappa shape index (κ2) is 11.3. The number of nitriles is 1. The molecule has 2 aromatic carbocycles. The van der Waals surface area contributed by atoms with Crippen molar-refractivity contribution in [3.8, 4) is 11.8 Å². The SMILES string of the molecule is CCCCOc1ccccc1C=C(C#N)C(=O)Nc1ncc(Cc2cccc(Cl)c2)s1. The number of hydrogen-bond donors (Lipinski definition) is 1. The van der Waals surface area contributed by atoms with Gasteiger partial charge in [-0.3, -0.25) is 10.1 Å². The molecule has 0 saturated heterocycles. The number of para-hydroxylation sites is 1. The molecule has 0 fully saturated rings. The van der Waals surface area contributed by atoms with Gasteiger partial charge in [0.05, 0.1) is 6.61 Å². The van der Waals surface area contributed by atoms with Crippen LogP contribution >= 0.6 is 22.9 Å². The summed E-state index contributed by atoms with van der Waals surface area (Å²) < 4.78 is 5.78. The molecule has 0 saturated carbocycles. The molecule has 3 aromatic rings. The summed E-state index contributed by atoms with van der Waals surface area (Å²) in [7, 11) is 0. The highest BCUT2D eigenvalue weighted by molar-refractivity contribution is 7.15. The number of amides is 1. The molecule has 0 aliphatic rings. The van der Waals surface area contributed by atoms with Crippen molar-refractivity contribution in [1.82, 2.24) is 4.98 Å². The number of carbonyl (C=O) groups excluding carboxylic acids is 1. The first-order chi connectivity index (χ1) is 15.1. The van der Waals surface area contributed by atoms with Crippen LogP contribution in [0.2, 0.25) is 5.02 Å². The Bertz CT molecular complexity index is 1120. The normalized spacial score (nSPS) is 11.1. The van der Waals surface area contributed by atoms with Crippen molar-refractivity contribution < 1.29 is 9.53 Å². The average molecular weight is 452 g/mol. The Hall–Kier alpha value is -3.14. The molecule has 7 heteroatoms. The van der Waals surface area contributed by atoms with E-state index in [9.17, 15) is 10.1 Å². The molecule has 1 N–H and O–H groups in total. The average Bonchev–Trinajstić information content (AvgIpc) is 3.19. The summed E-state index contributed by atoms with van der Waals surface area (Å²) in [6, 6.07) is 16.9. The zero-order chi connectivity index (χ0) is 22.1. The number of nitrogens with one attached hydrogen (secondary N) is 1. The van der Waals surface area contributed by atoms with Gasteiger partial charge in [-0.2, -0.15) is 5.26 Å². The van der Waals surface area contributed by atoms with E-state index in [1.54, 1.807) is 6.20 Å². The van der Waals surface area contributed by atoms with Gasteiger partial charge in [0.25, 0.3) is 5.91 Å². The van der Waals surface area contributed by atoms with Gasteiger partial charge < -0.3 is 4.74 Å². The number of thiazole rings is 1. The molecule has 0 atom stereocenters. The molecule has 1 heterocycles. The summed E-state index contributed by atoms with van der Waals surface area (Å²) in [5.74, 6) is 0.143. The highest BCUT2D eigenvalue weighted by Crippen LogP contribution is 2.24. The monoisotopic (exact) mass is 451 g/mol. The molecule has 3 rings (SSSR count). The number of benzene rings is 2. The fourth-order valence-corrected chi connectivity index (χ4v) is 3.88. The fourth-order valence-electron chi connectivity index (χ4n) is 2.82. The maximum absolute atomic E-state index is 12.6. The summed E-state index contributed by atoms with van der Waals surface area (Å²) in [5, 5.41) is 13.4. The van der Waals surface area contributed by atoms with Crippen LogP contribution in [0.15, 0.2) is 60.3 Å². The Morgan fingerprint density at radius 1 is 1.29 bits per heavy atom. The summed E-state index contributed by atoms with van der Waals surface area (Å²) in [5.41, 5.74) is 1.73. The van der Waals surface area contributed by atoms with Gasteiger partial charge in [0.15, 0.2) is 5.13 Å². The lowest BCUT2D eigenvalue weighted by molar-refractivity contribution is -0.112. The lowest BCUT2D eigenvalue weighted by Gasteiger charge is -2.09. The van der Waals surface area contributed by atoms with Crippen LogP contribution in [0, 0.1) is 11.3 Å². The van der Waals surface area contributed by atoms with E-state index in [0.717, 1.165) is 23.3 Å². The number of aromatic nitrogens is 1. The van der Waals surface area contributed by atoms with E-state index in [-0.39, 0.29) is 5.57 Å². The number of nitrogens with zero attached hydrogens (tertiary/aromatic N) is 2. The van der Waals surface area contributed by atoms with Gasteiger partial charge in [-0.25, -0.2) is 4.98 Å². The largest absolute Gasteiger partial charge is 0.493 e. The van der Waals surface area contributed by atoms with Crippen LogP contribution in [0.25, 0.3) is 6.08 Å². The second-order valence-electron chi connectivity index (χ2n) is 6.80. The van der Waals surface area contributed by atoms with E-state index >= 15 is 0 Å². The van der Waals surface area contributed by atoms with Crippen LogP contribution in [0.1, 0.15) is 35.8 Å². The third kappa shape index (κ3) is 6.68. The van der Waals surface area contributed by atoms with Crippen LogP contribution in [-0.2, 0) is 11.2 Å². The van der Waals surface area contributed by atoms with Gasteiger partial charge in [0.1, 0.15) is 17.4 Å². The number of carbonyl (C=O) groups is 1. The van der Waals surface area contributed by atoms with Crippen molar-refractivity contribution in [2.75, 3.05) is 11.9 Å². The first-order valence-electron chi connectivity index (χ1n) is 9.93. The topological polar surface area (TPSA) is 75.0 Å². The van der Waals surface area contributed by atoms with Gasteiger partial charge >= 0.3 is 0 Å². The molecule has 0 unspecified atom stereocenters. The lowest BCUT2D eigenvalue weighted by atomic mass is 10.1. The van der Waals surface area contributed by atoms with Crippen molar-refractivity contribution in [3.05, 3.63) is 81.3 Å². The van der Waals surface area contributed by atoms with Crippen LogP contribution in [0.3, 0.4) is 0 Å². The van der Waals surface area contributed by atoms with E-state index in [0.29, 0.717) is 34.5 Å². The quantitative estimate of drug-likeness (QED) is 0.242. The van der Waals surface area contributed by atoms with Crippen LogP contribution < -0.4 is 10.1 Å². The molecule has 0 aliphatic carbocycles. The zero-order valence-corrected chi connectivity index (χ0v) is 18.7. The second-order valence-corrected chi connectivity index (χ2v) is 8.35. The predicted octanol–water partition coefficient (Wildman–Crippen LogP) is 6.11. The highest BCUT2D eigenvalue weighted by Gasteiger charge is 2.13. The van der Waals surface area contributed by atoms with Crippen molar-refractivity contribution in [1.29, 1.82) is 5.26 Å². The molecule has 1 aromatic heterocycles. The Labute approximate surface area is 191 Å². The minimum Gasteiger partial charge on any atom is -0.493 e. The summed E-state index contributed by atoms with van der Waals surface area (Å²) in [6.07, 6.45) is 5.88. The summed E-state index contributed by atoms with van der Waals surface area (Å²) >= 11 is 7.40. The Morgan fingerprint density at radius 2 is 2.13 bits per heavy atom. The van der Waals surface area contributed by atoms with Gasteiger partial charge in [0.2, 0.25) is 0 Å². The van der Waals surface area contributed by atoms with Crippen molar-refractivity contribution in [3.63, 3.8) is 0 Å². The van der Waals surface area contributed by atoms with Gasteiger partial charge in [-0.1, -0.05) is 55.3 Å². The van der Waals surface area contributed by atoms with Gasteiger partial charge in [0, 0.05) is 28.1 Å². The van der Waals surface area contributed by atoms with E-state index in [2.05, 4.69) is 17.2 Å². The van der Waals surface area contributed by atoms with Crippen molar-refractivity contribution in [2.24, 2.45) is 0 Å². The maximum atomic E-state index is 12.6. The summed E-state index contributed by atoms with van der Waals surface area (Å²) in [6.45, 7) is 2.68. The van der Waals surface area contributed by atoms with E-state index in [4.69, 9.17) is 16.3 Å². The first kappa shape index (κ1) is 22.5. The van der Waals surface area contributed by atoms with Gasteiger partial charge in [-0.15, -0.1) is 11.3 Å². The predicted molar refractivity (Wildman–Crippen MR) is 125 cm³/mol. The number of anilines is 1. The molecule has 1 amide bonds. The van der Waals surface area contributed by atoms with Crippen LogP contribution in [0.4, 0.5) is 5.13 Å². The Balaban J connectivity index is 1.69. The first-order valence-corrected chi connectivity index (χ1v) is 11.1. The molecule has 31 heavy (non-hydrogen) atoms. The number of rotatable bonds is 9. The summed E-state index contributed by atoms with van der Waals surface area (Å²) in [4.78, 5) is 17.9. The number of unbranched alkanes of at least 4 members (excludes halogenated alkanes) is 1. The van der Waals surface area contributed by atoms with Gasteiger partial charge in [-0.05, 0) is 36.3 Å². The maximum Gasteiger partial charge on any atom is 0.268 e. The molecular weight excluding hydrogens is 430 g/mol. The standard InChI is InChI=1S/C24H22ClN3O2S/c1-2-3-11-30-22-10-5-4-8-18(22)14-19(15-26)23(29)28-24-27-16-21(31-24)13-17-7-6-9-20(25)12-17/h4-10,12,14,16H,2-3,11,13H2,1H3,(H,27,28,29). The number of halogens is 1. The van der Waals surface area contributed by atoms with Crippen LogP contribution in [0.5, 0.6) is 5.75 Å². The smallest absolute Gasteiger partial charge is 0.268 e. The molecular formula is C24H22ClN3O2S. The molecule has 0 aliphatic heterocycles. The van der Waals surface area contributed by atoms with E-state index in [1.165, 1.54) is 17.4 Å². The van der Waals surface area contributed by atoms with Crippen LogP contribution in [-0.4, -0.2) is 17.5 Å². The minimum absolute atomic E-state index is 0.0156. The minimum atomic E-state index is -0.505. The number of hydrogen-bond acceptors (Lipinski definition) is 5. The lowest BCUT2D eigenvalue weighted by Crippen LogP contribution is -2.13. The third-order valence-electron chi connectivity index (χ3n) is 4.38. The Morgan fingerprint density at radius 3 is 2.90 bits per heavy atom. The highest BCUT2D eigenvalue weighted by atomic mass is 35.5. The Kier molecular flexibility index (Phi) is 8.22. The number of ether oxygens (including phenoxy) is 1. The zero-order valence-electron chi connectivity index (χ0n) is 17.1. The molecule has 0 radical (unpaired) electrons. The molecule has 5 nitrogen and oxygen atoms in total. The van der Waals surface area contributed by atoms with E-state index in [1.807, 2.05) is 54.6 Å². The molecule has 158 valence electrons. The fraction of sp³-hybridized carbons (Fsp3) is 0.208. The van der Waals surface area contributed by atoms with E-state index < -0.39 is 5.91 Å². The molecule has 0 bridgehead atoms. The van der Waals surface area contributed by atoms with Crippen molar-refractivity contribution >= 4 is 40.1 Å². The molecule has 0 spiro atoms. The third-order valence-corrected chi connectivity index (χ3v) is 5.53. The van der Waals surface area contributed by atoms with Crippen molar-refractivity contribution in [2.45, 2.75) is 26.2 Å².